The zero-order valence-corrected chi connectivity index (χ0v) is 10.5. The second kappa shape index (κ2) is 5.28. The van der Waals surface area contributed by atoms with Crippen molar-refractivity contribution in [1.29, 1.82) is 0 Å². The lowest BCUT2D eigenvalue weighted by molar-refractivity contribution is 0.0798. The van der Waals surface area contributed by atoms with Gasteiger partial charge < -0.3 is 10.6 Å². The molecule has 15 heavy (non-hydrogen) atoms. The molecule has 0 saturated carbocycles. The number of nitrogens with two attached hydrogens (primary N) is 1. The van der Waals surface area contributed by atoms with Gasteiger partial charge in [0.05, 0.1) is 5.56 Å². The highest BCUT2D eigenvalue weighted by molar-refractivity contribution is 9.10. The fourth-order valence-electron chi connectivity index (χ4n) is 1.29. The van der Waals surface area contributed by atoms with Crippen molar-refractivity contribution in [2.45, 2.75) is 6.92 Å². The normalized spacial score (nSPS) is 10.1. The number of aryl methyl sites for hydroxylation is 1. The standard InChI is InChI=1S/C11H15BrN2O/c1-8-3-4-9(10(12)7-8)11(15)14(2)6-5-13/h3-4,7H,5-6,13H2,1-2H3. The molecule has 0 spiro atoms. The number of nitrogens with zero attached hydrogens (tertiary/aromatic N) is 1. The predicted molar refractivity (Wildman–Crippen MR) is 64.9 cm³/mol. The number of carbonyl (C=O) groups excluding carboxylic acids is 1. The minimum absolute atomic E-state index is 0.00711. The van der Waals surface area contributed by atoms with Crippen molar-refractivity contribution in [3.8, 4) is 0 Å². The van der Waals surface area contributed by atoms with Crippen molar-refractivity contribution in [2.75, 3.05) is 20.1 Å². The van der Waals surface area contributed by atoms with Crippen LogP contribution in [0.4, 0.5) is 0 Å². The number of benzene rings is 1. The summed E-state index contributed by atoms with van der Waals surface area (Å²) in [4.78, 5) is 13.5. The first kappa shape index (κ1) is 12.2. The molecule has 0 fully saturated rings. The van der Waals surface area contributed by atoms with Crippen LogP contribution in [0.5, 0.6) is 0 Å². The van der Waals surface area contributed by atoms with E-state index >= 15 is 0 Å². The molecule has 3 nitrogen and oxygen atoms in total. The molecule has 0 aliphatic heterocycles. The highest BCUT2D eigenvalue weighted by Crippen LogP contribution is 2.19. The summed E-state index contributed by atoms with van der Waals surface area (Å²) in [6.07, 6.45) is 0. The summed E-state index contributed by atoms with van der Waals surface area (Å²) in [6.45, 7) is 3.04. The molecule has 4 heteroatoms. The molecule has 0 unspecified atom stereocenters. The van der Waals surface area contributed by atoms with Crippen LogP contribution >= 0.6 is 15.9 Å². The van der Waals surface area contributed by atoms with E-state index in [1.165, 1.54) is 0 Å². The average Bonchev–Trinajstić information content (AvgIpc) is 2.17. The van der Waals surface area contributed by atoms with E-state index in [0.29, 0.717) is 18.7 Å². The van der Waals surface area contributed by atoms with E-state index in [1.807, 2.05) is 25.1 Å². The minimum Gasteiger partial charge on any atom is -0.340 e. The van der Waals surface area contributed by atoms with Crippen molar-refractivity contribution in [3.05, 3.63) is 33.8 Å². The van der Waals surface area contributed by atoms with Crippen LogP contribution in [0.15, 0.2) is 22.7 Å². The quantitative estimate of drug-likeness (QED) is 0.911. The maximum absolute atomic E-state index is 11.9. The summed E-state index contributed by atoms with van der Waals surface area (Å²) in [5.41, 5.74) is 7.20. The van der Waals surface area contributed by atoms with Crippen molar-refractivity contribution in [1.82, 2.24) is 4.90 Å². The van der Waals surface area contributed by atoms with Crippen LogP contribution in [0.1, 0.15) is 15.9 Å². The maximum Gasteiger partial charge on any atom is 0.254 e. The molecular formula is C11H15BrN2O. The number of amides is 1. The van der Waals surface area contributed by atoms with Crippen molar-refractivity contribution < 1.29 is 4.79 Å². The summed E-state index contributed by atoms with van der Waals surface area (Å²) in [5, 5.41) is 0. The molecule has 0 bridgehead atoms. The smallest absolute Gasteiger partial charge is 0.254 e. The van der Waals surface area contributed by atoms with E-state index in [4.69, 9.17) is 5.73 Å². The van der Waals surface area contributed by atoms with Crippen LogP contribution in [-0.4, -0.2) is 30.9 Å². The Hall–Kier alpha value is -0.870. The Bertz CT molecular complexity index is 366. The first-order valence-electron chi connectivity index (χ1n) is 4.78. The van der Waals surface area contributed by atoms with Gasteiger partial charge in [-0.1, -0.05) is 6.07 Å². The summed E-state index contributed by atoms with van der Waals surface area (Å²) in [6, 6.07) is 5.69. The Morgan fingerprint density at radius 3 is 2.73 bits per heavy atom. The van der Waals surface area contributed by atoms with Gasteiger partial charge in [-0.3, -0.25) is 4.79 Å². The number of hydrogen-bond acceptors (Lipinski definition) is 2. The number of halogens is 1. The largest absolute Gasteiger partial charge is 0.340 e. The topological polar surface area (TPSA) is 46.3 Å². The maximum atomic E-state index is 11.9. The van der Waals surface area contributed by atoms with Gasteiger partial charge in [-0.2, -0.15) is 0 Å². The SMILES string of the molecule is Cc1ccc(C(=O)N(C)CCN)c(Br)c1. The van der Waals surface area contributed by atoms with E-state index in [9.17, 15) is 4.79 Å². The lowest BCUT2D eigenvalue weighted by atomic mass is 10.1. The first-order valence-corrected chi connectivity index (χ1v) is 5.57. The average molecular weight is 271 g/mol. The highest BCUT2D eigenvalue weighted by Gasteiger charge is 2.13. The molecule has 0 aliphatic carbocycles. The third-order valence-electron chi connectivity index (χ3n) is 2.17. The van der Waals surface area contributed by atoms with Gasteiger partial charge in [0.25, 0.3) is 5.91 Å². The molecule has 0 atom stereocenters. The Morgan fingerprint density at radius 1 is 1.53 bits per heavy atom. The summed E-state index contributed by atoms with van der Waals surface area (Å²) in [7, 11) is 1.75. The van der Waals surface area contributed by atoms with Gasteiger partial charge in [0.2, 0.25) is 0 Å². The summed E-state index contributed by atoms with van der Waals surface area (Å²) in [5.74, 6) is -0.00711. The zero-order chi connectivity index (χ0) is 11.4. The Balaban J connectivity index is 2.91. The van der Waals surface area contributed by atoms with Crippen LogP contribution in [0, 0.1) is 6.92 Å². The monoisotopic (exact) mass is 270 g/mol. The lowest BCUT2D eigenvalue weighted by Gasteiger charge is -2.16. The Kier molecular flexibility index (Phi) is 4.29. The van der Waals surface area contributed by atoms with Gasteiger partial charge in [-0.05, 0) is 40.5 Å². The second-order valence-electron chi connectivity index (χ2n) is 3.50. The van der Waals surface area contributed by atoms with Crippen molar-refractivity contribution in [2.24, 2.45) is 5.73 Å². The molecule has 0 heterocycles. The van der Waals surface area contributed by atoms with Crippen LogP contribution in [0.3, 0.4) is 0 Å². The van der Waals surface area contributed by atoms with E-state index in [0.717, 1.165) is 10.0 Å². The number of carbonyl (C=O) groups is 1. The molecular weight excluding hydrogens is 256 g/mol. The summed E-state index contributed by atoms with van der Waals surface area (Å²) >= 11 is 3.39. The van der Waals surface area contributed by atoms with E-state index in [2.05, 4.69) is 15.9 Å². The van der Waals surface area contributed by atoms with E-state index in [-0.39, 0.29) is 5.91 Å². The molecule has 0 saturated heterocycles. The van der Waals surface area contributed by atoms with Crippen LogP contribution in [-0.2, 0) is 0 Å². The third-order valence-corrected chi connectivity index (χ3v) is 2.82. The zero-order valence-electron chi connectivity index (χ0n) is 8.96. The molecule has 1 amide bonds. The number of likely N-dealkylation sites (N-methyl/N-ethyl adjacent to an activating group) is 1. The summed E-state index contributed by atoms with van der Waals surface area (Å²) < 4.78 is 0.830. The van der Waals surface area contributed by atoms with Gasteiger partial charge in [0, 0.05) is 24.6 Å². The van der Waals surface area contributed by atoms with Gasteiger partial charge in [-0.15, -0.1) is 0 Å². The number of rotatable bonds is 3. The molecule has 82 valence electrons. The van der Waals surface area contributed by atoms with Crippen molar-refractivity contribution >= 4 is 21.8 Å². The number of hydrogen-bond donors (Lipinski definition) is 1. The predicted octanol–water partition coefficient (Wildman–Crippen LogP) is 1.79. The van der Waals surface area contributed by atoms with E-state index in [1.54, 1.807) is 11.9 Å². The van der Waals surface area contributed by atoms with Gasteiger partial charge in [-0.25, -0.2) is 0 Å². The minimum atomic E-state index is -0.00711. The van der Waals surface area contributed by atoms with Crippen LogP contribution < -0.4 is 5.73 Å². The Labute approximate surface area is 98.4 Å². The van der Waals surface area contributed by atoms with Gasteiger partial charge in [0.15, 0.2) is 0 Å². The molecule has 0 radical (unpaired) electrons. The van der Waals surface area contributed by atoms with E-state index < -0.39 is 0 Å². The first-order chi connectivity index (χ1) is 7.06. The lowest BCUT2D eigenvalue weighted by Crippen LogP contribution is -2.31. The fraction of sp³-hybridized carbons (Fsp3) is 0.364. The van der Waals surface area contributed by atoms with Gasteiger partial charge >= 0.3 is 0 Å². The fourth-order valence-corrected chi connectivity index (χ4v) is 1.96. The molecule has 1 aromatic carbocycles. The van der Waals surface area contributed by atoms with Crippen LogP contribution in [0.25, 0.3) is 0 Å². The molecule has 1 rings (SSSR count). The molecule has 2 N–H and O–H groups in total. The van der Waals surface area contributed by atoms with Crippen LogP contribution in [0.2, 0.25) is 0 Å². The van der Waals surface area contributed by atoms with Gasteiger partial charge in [0.1, 0.15) is 0 Å². The highest BCUT2D eigenvalue weighted by atomic mass is 79.9. The second-order valence-corrected chi connectivity index (χ2v) is 4.35. The molecule has 1 aromatic rings. The molecule has 0 aliphatic rings. The molecule has 0 aromatic heterocycles. The Morgan fingerprint density at radius 2 is 2.20 bits per heavy atom. The van der Waals surface area contributed by atoms with Crippen molar-refractivity contribution in [3.63, 3.8) is 0 Å². The third kappa shape index (κ3) is 3.04.